The summed E-state index contributed by atoms with van der Waals surface area (Å²) in [7, 11) is -3.78. The molecule has 0 heterocycles. The molecule has 0 aliphatic heterocycles. The monoisotopic (exact) mass is 421 g/mol. The first-order chi connectivity index (χ1) is 11.7. The lowest BCUT2D eigenvalue weighted by atomic mass is 10.2. The fraction of sp³-hybridized carbons (Fsp3) is 0.231. The quantitative estimate of drug-likeness (QED) is 0.441. The largest absolute Gasteiger partial charge is 0.476 e. The molecule has 0 aliphatic rings. The molecule has 1 unspecified atom stereocenters. The van der Waals surface area contributed by atoms with Gasteiger partial charge in [0, 0.05) is 0 Å². The van der Waals surface area contributed by atoms with Gasteiger partial charge in [-0.2, -0.15) is 31.6 Å². The second-order valence-electron chi connectivity index (χ2n) is 4.55. The minimum Gasteiger partial charge on any atom is -0.389 e. The number of hydrogen-bond acceptors (Lipinski definition) is 4. The van der Waals surface area contributed by atoms with Crippen LogP contribution < -0.4 is 5.73 Å². The molecule has 2 N–H and O–H groups in total. The van der Waals surface area contributed by atoms with Gasteiger partial charge in [0.2, 0.25) is 0 Å². The van der Waals surface area contributed by atoms with Crippen LogP contribution >= 0.6 is 11.6 Å². The number of nitrogens with zero attached hydrogens (tertiary/aromatic N) is 2. The van der Waals surface area contributed by atoms with E-state index in [2.05, 4.69) is 4.99 Å². The normalized spacial score (nSPS) is 15.3. The van der Waals surface area contributed by atoms with Gasteiger partial charge in [0.1, 0.15) is 22.4 Å². The fourth-order valence-corrected chi connectivity index (χ4v) is 2.69. The lowest BCUT2D eigenvalue weighted by Gasteiger charge is -2.12. The maximum Gasteiger partial charge on any atom is 0.476 e. The highest BCUT2D eigenvalue weighted by molar-refractivity contribution is 7.91. The molecule has 26 heavy (non-hydrogen) atoms. The highest BCUT2D eigenvalue weighted by Crippen LogP contribution is 2.37. The molecule has 0 fully saturated rings. The van der Waals surface area contributed by atoms with Gasteiger partial charge in [-0.1, -0.05) is 11.6 Å². The summed E-state index contributed by atoms with van der Waals surface area (Å²) in [6.45, 7) is 0.816. The summed E-state index contributed by atoms with van der Waals surface area (Å²) in [5, 5.41) is 7.80. The summed E-state index contributed by atoms with van der Waals surface area (Å²) in [5.74, 6) is -1.59. The van der Waals surface area contributed by atoms with Gasteiger partial charge in [-0.3, -0.25) is 0 Å². The SMILES string of the molecule is CC(=Nc1c(F)cc(C(F)(F)F)cc1Cl)/C(=C(\N)C#N)S(=O)C(F)(F)F. The van der Waals surface area contributed by atoms with E-state index in [4.69, 9.17) is 22.6 Å². The molecular weight excluding hydrogens is 415 g/mol. The zero-order valence-corrected chi connectivity index (χ0v) is 14.0. The Hall–Kier alpha value is -2.13. The van der Waals surface area contributed by atoms with Gasteiger partial charge in [-0.05, 0) is 19.1 Å². The van der Waals surface area contributed by atoms with E-state index in [-0.39, 0.29) is 6.07 Å². The van der Waals surface area contributed by atoms with Crippen molar-refractivity contribution < 1.29 is 34.9 Å². The number of allylic oxidation sites excluding steroid dienone is 2. The highest BCUT2D eigenvalue weighted by Gasteiger charge is 2.41. The van der Waals surface area contributed by atoms with E-state index >= 15 is 0 Å². The molecule has 13 heteroatoms. The van der Waals surface area contributed by atoms with Crippen molar-refractivity contribution in [2.24, 2.45) is 10.7 Å². The Bertz CT molecular complexity index is 830. The lowest BCUT2D eigenvalue weighted by molar-refractivity contribution is -0.137. The van der Waals surface area contributed by atoms with Gasteiger partial charge in [0.25, 0.3) is 0 Å². The molecule has 1 aromatic rings. The third-order valence-electron chi connectivity index (χ3n) is 2.71. The van der Waals surface area contributed by atoms with Crippen molar-refractivity contribution in [2.45, 2.75) is 18.6 Å². The number of benzene rings is 1. The standard InChI is InChI=1S/C13H7ClF7N3OS/c1-5(11(9(23)4-22)26(25)13(19,20)21)24-10-7(14)2-6(3-8(10)15)12(16,17)18/h2-3H,23H2,1H3/b11-9+,24-5?. The van der Waals surface area contributed by atoms with E-state index in [9.17, 15) is 34.9 Å². The first-order valence-electron chi connectivity index (χ1n) is 6.20. The Morgan fingerprint density at radius 3 is 2.19 bits per heavy atom. The van der Waals surface area contributed by atoms with Crippen molar-refractivity contribution in [3.8, 4) is 6.07 Å². The van der Waals surface area contributed by atoms with E-state index in [0.717, 1.165) is 13.0 Å². The Morgan fingerprint density at radius 2 is 1.81 bits per heavy atom. The number of hydrogen-bond donors (Lipinski definition) is 1. The Labute approximate surface area is 149 Å². The third kappa shape index (κ3) is 4.95. The molecule has 0 saturated heterocycles. The minimum atomic E-state index is -5.31. The van der Waals surface area contributed by atoms with Crippen LogP contribution in [0.25, 0.3) is 0 Å². The smallest absolute Gasteiger partial charge is 0.389 e. The fourth-order valence-electron chi connectivity index (χ4n) is 1.65. The summed E-state index contributed by atoms with van der Waals surface area (Å²) in [6.07, 6.45) is -4.92. The molecule has 142 valence electrons. The maximum atomic E-state index is 13.9. The Morgan fingerprint density at radius 1 is 1.27 bits per heavy atom. The Kier molecular flexibility index (Phi) is 6.43. The molecule has 0 aliphatic carbocycles. The topological polar surface area (TPSA) is 79.2 Å². The number of nitrogens with two attached hydrogens (primary N) is 1. The number of aliphatic imine (C=N–C) groups is 1. The molecule has 1 atom stereocenters. The molecule has 0 saturated carbocycles. The van der Waals surface area contributed by atoms with Crippen LogP contribution in [0.15, 0.2) is 27.7 Å². The van der Waals surface area contributed by atoms with E-state index < -0.39 is 60.9 Å². The predicted molar refractivity (Wildman–Crippen MR) is 80.2 cm³/mol. The first kappa shape index (κ1) is 21.9. The Balaban J connectivity index is 3.57. The molecule has 0 radical (unpaired) electrons. The van der Waals surface area contributed by atoms with Crippen molar-refractivity contribution in [3.05, 3.63) is 39.1 Å². The van der Waals surface area contributed by atoms with E-state index in [0.29, 0.717) is 6.07 Å². The van der Waals surface area contributed by atoms with Gasteiger partial charge in [0.05, 0.1) is 16.3 Å². The molecule has 0 aromatic heterocycles. The van der Waals surface area contributed by atoms with Gasteiger partial charge in [0.15, 0.2) is 16.6 Å². The average molecular weight is 422 g/mol. The number of halogens is 8. The summed E-state index contributed by atoms with van der Waals surface area (Å²) in [6, 6.07) is 1.50. The second kappa shape index (κ2) is 7.63. The van der Waals surface area contributed by atoms with Crippen molar-refractivity contribution >= 4 is 33.8 Å². The lowest BCUT2D eigenvalue weighted by Crippen LogP contribution is -2.24. The maximum absolute atomic E-state index is 13.9. The van der Waals surface area contributed by atoms with Crippen LogP contribution in [-0.4, -0.2) is 15.4 Å². The first-order valence-corrected chi connectivity index (χ1v) is 7.73. The van der Waals surface area contributed by atoms with Crippen LogP contribution in [0.4, 0.5) is 36.4 Å². The van der Waals surface area contributed by atoms with Crippen molar-refractivity contribution in [2.75, 3.05) is 0 Å². The summed E-state index contributed by atoms with van der Waals surface area (Å²) in [5.41, 5.74) is -4.50. The molecule has 1 aromatic carbocycles. The van der Waals surface area contributed by atoms with Crippen LogP contribution in [0.2, 0.25) is 5.02 Å². The van der Waals surface area contributed by atoms with Gasteiger partial charge in [-0.15, -0.1) is 0 Å². The van der Waals surface area contributed by atoms with Gasteiger partial charge < -0.3 is 5.73 Å². The zero-order chi connectivity index (χ0) is 20.4. The molecule has 0 bridgehead atoms. The molecule has 1 rings (SSSR count). The average Bonchev–Trinajstić information content (AvgIpc) is 2.48. The molecule has 0 spiro atoms. The van der Waals surface area contributed by atoms with E-state index in [1.807, 2.05) is 0 Å². The van der Waals surface area contributed by atoms with Crippen molar-refractivity contribution in [3.63, 3.8) is 0 Å². The number of alkyl halides is 6. The van der Waals surface area contributed by atoms with Crippen LogP contribution in [0.5, 0.6) is 0 Å². The van der Waals surface area contributed by atoms with E-state index in [1.54, 1.807) is 0 Å². The number of rotatable bonds is 3. The van der Waals surface area contributed by atoms with Crippen LogP contribution in [-0.2, 0) is 17.0 Å². The van der Waals surface area contributed by atoms with Gasteiger partial charge in [-0.25, -0.2) is 13.6 Å². The third-order valence-corrected chi connectivity index (χ3v) is 4.31. The van der Waals surface area contributed by atoms with Gasteiger partial charge >= 0.3 is 11.7 Å². The molecular formula is C13H7ClF7N3OS. The molecule has 0 amide bonds. The zero-order valence-electron chi connectivity index (χ0n) is 12.5. The number of nitriles is 1. The predicted octanol–water partition coefficient (Wildman–Crippen LogP) is 4.55. The van der Waals surface area contributed by atoms with Crippen molar-refractivity contribution in [1.82, 2.24) is 0 Å². The highest BCUT2D eigenvalue weighted by atomic mass is 35.5. The van der Waals surface area contributed by atoms with Crippen LogP contribution in [0, 0.1) is 17.1 Å². The minimum absolute atomic E-state index is 0.0375. The van der Waals surface area contributed by atoms with E-state index in [1.165, 1.54) is 0 Å². The second-order valence-corrected chi connectivity index (χ2v) is 6.37. The van der Waals surface area contributed by atoms with Crippen molar-refractivity contribution in [1.29, 1.82) is 5.26 Å². The summed E-state index contributed by atoms with van der Waals surface area (Å²) in [4.78, 5) is 2.09. The van der Waals surface area contributed by atoms with Crippen LogP contribution in [0.1, 0.15) is 12.5 Å². The molecule has 4 nitrogen and oxygen atoms in total. The summed E-state index contributed by atoms with van der Waals surface area (Å²) >= 11 is 5.51. The van der Waals surface area contributed by atoms with Crippen LogP contribution in [0.3, 0.4) is 0 Å². The summed E-state index contributed by atoms with van der Waals surface area (Å²) < 4.78 is 101.